The molecule has 0 saturated heterocycles. The number of methoxy groups -OCH3 is 1. The molecule has 0 saturated carbocycles. The average Bonchev–Trinajstić information content (AvgIpc) is 2.60. The van der Waals surface area contributed by atoms with E-state index in [1.807, 2.05) is 62.5 Å². The summed E-state index contributed by atoms with van der Waals surface area (Å²) in [6, 6.07) is 15.2. The maximum Gasteiger partial charge on any atom is 0.254 e. The molecule has 0 aliphatic rings. The standard InChI is InChI=1S/C18H22N2O2/c1-13(15-8-10-17(22-3)11-9-15)20(2)18(21)16-6-4-14(12-19)5-7-16/h4-11,13H,12,19H2,1-3H3. The molecule has 0 radical (unpaired) electrons. The van der Waals surface area contributed by atoms with Crippen LogP contribution in [0.15, 0.2) is 48.5 Å². The summed E-state index contributed by atoms with van der Waals surface area (Å²) in [7, 11) is 3.45. The molecule has 2 aromatic rings. The van der Waals surface area contributed by atoms with E-state index in [-0.39, 0.29) is 11.9 Å². The number of carbonyl (C=O) groups is 1. The van der Waals surface area contributed by atoms with Crippen molar-refractivity contribution in [2.45, 2.75) is 19.5 Å². The first-order valence-corrected chi connectivity index (χ1v) is 7.27. The summed E-state index contributed by atoms with van der Waals surface area (Å²) in [5.74, 6) is 0.800. The van der Waals surface area contributed by atoms with E-state index in [0.29, 0.717) is 12.1 Å². The van der Waals surface area contributed by atoms with Crippen molar-refractivity contribution < 1.29 is 9.53 Å². The molecule has 1 atom stereocenters. The van der Waals surface area contributed by atoms with E-state index in [1.165, 1.54) is 0 Å². The number of benzene rings is 2. The number of nitrogens with zero attached hydrogens (tertiary/aromatic N) is 1. The third-order valence-corrected chi connectivity index (χ3v) is 3.94. The first-order valence-electron chi connectivity index (χ1n) is 7.27. The van der Waals surface area contributed by atoms with Gasteiger partial charge in [-0.3, -0.25) is 4.79 Å². The van der Waals surface area contributed by atoms with Crippen LogP contribution in [0.2, 0.25) is 0 Å². The molecule has 0 aliphatic carbocycles. The Balaban J connectivity index is 2.13. The molecule has 4 heteroatoms. The summed E-state index contributed by atoms with van der Waals surface area (Å²) >= 11 is 0. The molecule has 0 heterocycles. The number of amides is 1. The second-order valence-corrected chi connectivity index (χ2v) is 5.27. The highest BCUT2D eigenvalue weighted by Crippen LogP contribution is 2.23. The molecular weight excluding hydrogens is 276 g/mol. The lowest BCUT2D eigenvalue weighted by molar-refractivity contribution is 0.0742. The Bertz CT molecular complexity index is 621. The molecule has 2 aromatic carbocycles. The van der Waals surface area contributed by atoms with E-state index >= 15 is 0 Å². The topological polar surface area (TPSA) is 55.6 Å². The Morgan fingerprint density at radius 3 is 2.23 bits per heavy atom. The maximum atomic E-state index is 12.6. The molecule has 1 unspecified atom stereocenters. The third kappa shape index (κ3) is 3.46. The van der Waals surface area contributed by atoms with Crippen LogP contribution in [0.5, 0.6) is 5.75 Å². The Labute approximate surface area is 131 Å². The van der Waals surface area contributed by atoms with E-state index in [4.69, 9.17) is 10.5 Å². The van der Waals surface area contributed by atoms with Crippen LogP contribution >= 0.6 is 0 Å². The van der Waals surface area contributed by atoms with Crippen LogP contribution in [0.1, 0.15) is 34.5 Å². The third-order valence-electron chi connectivity index (χ3n) is 3.94. The first kappa shape index (κ1) is 16.0. The summed E-state index contributed by atoms with van der Waals surface area (Å²) in [6.45, 7) is 2.49. The Morgan fingerprint density at radius 1 is 1.14 bits per heavy atom. The van der Waals surface area contributed by atoms with Gasteiger partial charge in [0.15, 0.2) is 0 Å². The summed E-state index contributed by atoms with van der Waals surface area (Å²) in [5.41, 5.74) is 8.33. The number of rotatable bonds is 5. The second-order valence-electron chi connectivity index (χ2n) is 5.27. The highest BCUT2D eigenvalue weighted by Gasteiger charge is 2.18. The van der Waals surface area contributed by atoms with Crippen LogP contribution in [0, 0.1) is 0 Å². The van der Waals surface area contributed by atoms with Crippen molar-refractivity contribution in [3.63, 3.8) is 0 Å². The van der Waals surface area contributed by atoms with E-state index in [0.717, 1.165) is 16.9 Å². The van der Waals surface area contributed by atoms with E-state index in [9.17, 15) is 4.79 Å². The van der Waals surface area contributed by atoms with E-state index in [1.54, 1.807) is 12.0 Å². The van der Waals surface area contributed by atoms with E-state index < -0.39 is 0 Å². The Hall–Kier alpha value is -2.33. The molecule has 2 N–H and O–H groups in total. The first-order chi connectivity index (χ1) is 10.6. The van der Waals surface area contributed by atoms with Crippen molar-refractivity contribution in [2.24, 2.45) is 5.73 Å². The zero-order chi connectivity index (χ0) is 16.1. The Morgan fingerprint density at radius 2 is 1.73 bits per heavy atom. The Kier molecular flexibility index (Phi) is 5.17. The van der Waals surface area contributed by atoms with Crippen LogP contribution in [0.25, 0.3) is 0 Å². The van der Waals surface area contributed by atoms with Crippen molar-refractivity contribution in [2.75, 3.05) is 14.2 Å². The van der Waals surface area contributed by atoms with Gasteiger partial charge < -0.3 is 15.4 Å². The maximum absolute atomic E-state index is 12.6. The zero-order valence-electron chi connectivity index (χ0n) is 13.2. The number of carbonyl (C=O) groups excluding carboxylic acids is 1. The highest BCUT2D eigenvalue weighted by atomic mass is 16.5. The number of hydrogen-bond donors (Lipinski definition) is 1. The minimum atomic E-state index is -0.0207. The summed E-state index contributed by atoms with van der Waals surface area (Å²) < 4.78 is 5.16. The monoisotopic (exact) mass is 298 g/mol. The van der Waals surface area contributed by atoms with E-state index in [2.05, 4.69) is 0 Å². The molecule has 116 valence electrons. The molecule has 0 aromatic heterocycles. The number of ether oxygens (including phenoxy) is 1. The van der Waals surface area contributed by atoms with Crippen LogP contribution in [-0.4, -0.2) is 25.0 Å². The van der Waals surface area contributed by atoms with Crippen molar-refractivity contribution in [1.29, 1.82) is 0 Å². The summed E-state index contributed by atoms with van der Waals surface area (Å²) in [5, 5.41) is 0. The van der Waals surface area contributed by atoms with Gasteiger partial charge in [0.2, 0.25) is 0 Å². The van der Waals surface area contributed by atoms with Gasteiger partial charge in [-0.05, 0) is 42.3 Å². The number of hydrogen-bond acceptors (Lipinski definition) is 3. The summed E-state index contributed by atoms with van der Waals surface area (Å²) in [4.78, 5) is 14.3. The van der Waals surface area contributed by atoms with Crippen molar-refractivity contribution in [3.05, 3.63) is 65.2 Å². The van der Waals surface area contributed by atoms with Gasteiger partial charge in [0.05, 0.1) is 13.2 Å². The quantitative estimate of drug-likeness (QED) is 0.923. The van der Waals surface area contributed by atoms with Gasteiger partial charge >= 0.3 is 0 Å². The van der Waals surface area contributed by atoms with Crippen LogP contribution in [-0.2, 0) is 6.54 Å². The second kappa shape index (κ2) is 7.09. The van der Waals surface area contributed by atoms with Crippen molar-refractivity contribution in [3.8, 4) is 5.75 Å². The van der Waals surface area contributed by atoms with Gasteiger partial charge in [-0.25, -0.2) is 0 Å². The molecular formula is C18H22N2O2. The smallest absolute Gasteiger partial charge is 0.254 e. The molecule has 1 amide bonds. The lowest BCUT2D eigenvalue weighted by Crippen LogP contribution is -2.29. The molecule has 4 nitrogen and oxygen atoms in total. The fourth-order valence-electron chi connectivity index (χ4n) is 2.27. The van der Waals surface area contributed by atoms with Gasteiger partial charge in [0, 0.05) is 19.2 Å². The van der Waals surface area contributed by atoms with Gasteiger partial charge in [-0.1, -0.05) is 24.3 Å². The molecule has 0 bridgehead atoms. The van der Waals surface area contributed by atoms with Gasteiger partial charge in [-0.15, -0.1) is 0 Å². The van der Waals surface area contributed by atoms with Crippen LogP contribution in [0.3, 0.4) is 0 Å². The van der Waals surface area contributed by atoms with Crippen LogP contribution < -0.4 is 10.5 Å². The number of nitrogens with two attached hydrogens (primary N) is 1. The molecule has 2 rings (SSSR count). The van der Waals surface area contributed by atoms with Gasteiger partial charge in [-0.2, -0.15) is 0 Å². The molecule has 0 spiro atoms. The zero-order valence-corrected chi connectivity index (χ0v) is 13.2. The van der Waals surface area contributed by atoms with Crippen LogP contribution in [0.4, 0.5) is 0 Å². The minimum Gasteiger partial charge on any atom is -0.497 e. The SMILES string of the molecule is COc1ccc(C(C)N(C)C(=O)c2ccc(CN)cc2)cc1. The van der Waals surface area contributed by atoms with Gasteiger partial charge in [0.1, 0.15) is 5.75 Å². The molecule has 0 aliphatic heterocycles. The summed E-state index contributed by atoms with van der Waals surface area (Å²) in [6.07, 6.45) is 0. The van der Waals surface area contributed by atoms with Crippen molar-refractivity contribution in [1.82, 2.24) is 4.90 Å². The fraction of sp³-hybridized carbons (Fsp3) is 0.278. The average molecular weight is 298 g/mol. The highest BCUT2D eigenvalue weighted by molar-refractivity contribution is 5.94. The largest absolute Gasteiger partial charge is 0.497 e. The van der Waals surface area contributed by atoms with Crippen molar-refractivity contribution >= 4 is 5.91 Å². The molecule has 0 fully saturated rings. The van der Waals surface area contributed by atoms with Gasteiger partial charge in [0.25, 0.3) is 5.91 Å². The fourth-order valence-corrected chi connectivity index (χ4v) is 2.27. The predicted molar refractivity (Wildman–Crippen MR) is 87.8 cm³/mol. The molecule has 22 heavy (non-hydrogen) atoms. The minimum absolute atomic E-state index is 0.00751. The lowest BCUT2D eigenvalue weighted by Gasteiger charge is -2.25. The lowest BCUT2D eigenvalue weighted by atomic mass is 10.1. The predicted octanol–water partition coefficient (Wildman–Crippen LogP) is 2.99. The normalized spacial score (nSPS) is 11.8.